The molecule has 0 N–H and O–H groups in total. The van der Waals surface area contributed by atoms with Crippen molar-refractivity contribution in [1.29, 1.82) is 5.26 Å². The molecule has 2 aromatic carbocycles. The van der Waals surface area contributed by atoms with Crippen LogP contribution in [0.5, 0.6) is 0 Å². The van der Waals surface area contributed by atoms with Crippen molar-refractivity contribution in [2.24, 2.45) is 0 Å². The molecule has 0 atom stereocenters. The first-order chi connectivity index (χ1) is 9.69. The van der Waals surface area contributed by atoms with Crippen molar-refractivity contribution in [3.8, 4) is 6.07 Å². The van der Waals surface area contributed by atoms with Gasteiger partial charge in [-0.15, -0.1) is 0 Å². The van der Waals surface area contributed by atoms with E-state index >= 15 is 0 Å². The maximum absolute atomic E-state index is 13.2. The van der Waals surface area contributed by atoms with Gasteiger partial charge in [0.15, 0.2) is 0 Å². The van der Waals surface area contributed by atoms with Crippen LogP contribution < -0.4 is 4.90 Å². The summed E-state index contributed by atoms with van der Waals surface area (Å²) in [5, 5.41) is 8.72. The molecule has 0 unspecified atom stereocenters. The average Bonchev–Trinajstić information content (AvgIpc) is 2.43. The Kier molecular flexibility index (Phi) is 4.67. The topological polar surface area (TPSA) is 27.0 Å². The van der Waals surface area contributed by atoms with E-state index in [-0.39, 0.29) is 0 Å². The molecule has 0 aliphatic heterocycles. The molecule has 0 aliphatic rings. The Hall–Kier alpha value is -2.41. The second-order valence-electron chi connectivity index (χ2n) is 4.44. The summed E-state index contributed by atoms with van der Waals surface area (Å²) in [7, 11) is 0. The number of rotatable bonds is 5. The Balaban J connectivity index is 2.21. The second-order valence-corrected chi connectivity index (χ2v) is 4.44. The van der Waals surface area contributed by atoms with Gasteiger partial charge in [0.2, 0.25) is 0 Å². The Labute approximate surface area is 116 Å². The van der Waals surface area contributed by atoms with Gasteiger partial charge in [-0.25, -0.2) is 8.78 Å². The molecule has 0 amide bonds. The number of anilines is 1. The van der Waals surface area contributed by atoms with E-state index in [1.807, 2.05) is 35.2 Å². The largest absolute Gasteiger partial charge is 0.366 e. The Morgan fingerprint density at radius 1 is 1.00 bits per heavy atom. The number of para-hydroxylation sites is 1. The molecule has 4 heteroatoms. The lowest BCUT2D eigenvalue weighted by Crippen LogP contribution is -2.23. The Morgan fingerprint density at radius 2 is 1.65 bits per heavy atom. The Morgan fingerprint density at radius 3 is 2.25 bits per heavy atom. The maximum Gasteiger partial charge on any atom is 0.126 e. The predicted molar refractivity (Wildman–Crippen MR) is 74.1 cm³/mol. The summed E-state index contributed by atoms with van der Waals surface area (Å²) in [6.45, 7) is 0.874. The van der Waals surface area contributed by atoms with Gasteiger partial charge >= 0.3 is 0 Å². The minimum Gasteiger partial charge on any atom is -0.366 e. The number of hydrogen-bond donors (Lipinski definition) is 0. The van der Waals surface area contributed by atoms with E-state index in [1.165, 1.54) is 12.1 Å². The van der Waals surface area contributed by atoms with Gasteiger partial charge in [0.05, 0.1) is 12.5 Å². The normalized spacial score (nSPS) is 10.1. The highest BCUT2D eigenvalue weighted by Gasteiger charge is 2.09. The van der Waals surface area contributed by atoms with Crippen LogP contribution in [-0.2, 0) is 6.54 Å². The van der Waals surface area contributed by atoms with E-state index in [4.69, 9.17) is 5.26 Å². The van der Waals surface area contributed by atoms with E-state index in [0.717, 1.165) is 11.8 Å². The molecule has 0 radical (unpaired) electrons. The van der Waals surface area contributed by atoms with Gasteiger partial charge in [-0.3, -0.25) is 0 Å². The molecule has 2 aromatic rings. The number of halogens is 2. The predicted octanol–water partition coefficient (Wildman–Crippen LogP) is 3.89. The van der Waals surface area contributed by atoms with Gasteiger partial charge in [0.25, 0.3) is 0 Å². The van der Waals surface area contributed by atoms with Crippen LogP contribution in [0, 0.1) is 23.0 Å². The summed E-state index contributed by atoms with van der Waals surface area (Å²) in [5.41, 5.74) is 1.47. The zero-order chi connectivity index (χ0) is 14.4. The van der Waals surface area contributed by atoms with E-state index in [2.05, 4.69) is 6.07 Å². The zero-order valence-electron chi connectivity index (χ0n) is 10.9. The lowest BCUT2D eigenvalue weighted by atomic mass is 10.1. The molecule has 102 valence electrons. The average molecular weight is 272 g/mol. The second kappa shape index (κ2) is 6.67. The standard InChI is InChI=1S/C16H14F2N2/c17-14-9-13(10-15(18)11-14)12-20(8-4-7-19)16-5-2-1-3-6-16/h1-3,5-6,9-11H,4,8,12H2. The third-order valence-corrected chi connectivity index (χ3v) is 2.91. The quantitative estimate of drug-likeness (QED) is 0.825. The van der Waals surface area contributed by atoms with E-state index in [9.17, 15) is 8.78 Å². The van der Waals surface area contributed by atoms with Crippen molar-refractivity contribution < 1.29 is 8.78 Å². The van der Waals surface area contributed by atoms with Gasteiger partial charge in [0.1, 0.15) is 11.6 Å². The molecule has 0 bridgehead atoms. The van der Waals surface area contributed by atoms with Crippen molar-refractivity contribution in [3.05, 3.63) is 65.7 Å². The minimum atomic E-state index is -0.590. The summed E-state index contributed by atoms with van der Waals surface area (Å²) < 4.78 is 26.4. The van der Waals surface area contributed by atoms with Crippen LogP contribution in [0.1, 0.15) is 12.0 Å². The van der Waals surface area contributed by atoms with Gasteiger partial charge in [-0.05, 0) is 29.8 Å². The first kappa shape index (κ1) is 14.0. The smallest absolute Gasteiger partial charge is 0.126 e. The lowest BCUT2D eigenvalue weighted by molar-refractivity contribution is 0.578. The minimum absolute atomic E-state index is 0.354. The van der Waals surface area contributed by atoms with Crippen molar-refractivity contribution >= 4 is 5.69 Å². The van der Waals surface area contributed by atoms with Crippen LogP contribution >= 0.6 is 0 Å². The number of nitriles is 1. The first-order valence-electron chi connectivity index (χ1n) is 6.31. The van der Waals surface area contributed by atoms with Crippen LogP contribution in [0.15, 0.2) is 48.5 Å². The van der Waals surface area contributed by atoms with Crippen LogP contribution in [0.2, 0.25) is 0 Å². The third kappa shape index (κ3) is 3.79. The summed E-state index contributed by atoms with van der Waals surface area (Å²) in [4.78, 5) is 1.93. The number of benzene rings is 2. The van der Waals surface area contributed by atoms with Gasteiger partial charge in [-0.1, -0.05) is 18.2 Å². The van der Waals surface area contributed by atoms with Crippen molar-refractivity contribution in [2.75, 3.05) is 11.4 Å². The van der Waals surface area contributed by atoms with E-state index < -0.39 is 11.6 Å². The van der Waals surface area contributed by atoms with Crippen molar-refractivity contribution in [1.82, 2.24) is 0 Å². The summed E-state index contributed by atoms with van der Waals surface area (Å²) in [5.74, 6) is -1.18. The van der Waals surface area contributed by atoms with Crippen molar-refractivity contribution in [3.63, 3.8) is 0 Å². The van der Waals surface area contributed by atoms with Crippen LogP contribution in [0.25, 0.3) is 0 Å². The molecule has 0 spiro atoms. The molecule has 0 heterocycles. The molecular formula is C16H14F2N2. The fourth-order valence-corrected chi connectivity index (χ4v) is 2.05. The highest BCUT2D eigenvalue weighted by Crippen LogP contribution is 2.18. The highest BCUT2D eigenvalue weighted by molar-refractivity contribution is 5.46. The molecular weight excluding hydrogens is 258 g/mol. The molecule has 0 saturated heterocycles. The fourth-order valence-electron chi connectivity index (χ4n) is 2.05. The van der Waals surface area contributed by atoms with Crippen LogP contribution in [-0.4, -0.2) is 6.54 Å². The summed E-state index contributed by atoms with van der Waals surface area (Å²) in [6, 6.07) is 15.1. The van der Waals surface area contributed by atoms with Gasteiger partial charge in [0, 0.05) is 24.8 Å². The Bertz CT molecular complexity index is 585. The molecule has 2 nitrogen and oxygen atoms in total. The van der Waals surface area contributed by atoms with E-state index in [1.54, 1.807) is 0 Å². The monoisotopic (exact) mass is 272 g/mol. The zero-order valence-corrected chi connectivity index (χ0v) is 10.9. The number of nitrogens with zero attached hydrogens (tertiary/aromatic N) is 2. The molecule has 2 rings (SSSR count). The first-order valence-corrected chi connectivity index (χ1v) is 6.31. The summed E-state index contributed by atoms with van der Waals surface area (Å²) >= 11 is 0. The molecule has 0 saturated carbocycles. The lowest BCUT2D eigenvalue weighted by Gasteiger charge is -2.24. The third-order valence-electron chi connectivity index (χ3n) is 2.91. The van der Waals surface area contributed by atoms with Gasteiger partial charge < -0.3 is 4.90 Å². The van der Waals surface area contributed by atoms with Crippen LogP contribution in [0.3, 0.4) is 0 Å². The maximum atomic E-state index is 13.2. The fraction of sp³-hybridized carbons (Fsp3) is 0.188. The highest BCUT2D eigenvalue weighted by atomic mass is 19.1. The molecule has 0 aliphatic carbocycles. The number of hydrogen-bond acceptors (Lipinski definition) is 2. The van der Waals surface area contributed by atoms with Crippen LogP contribution in [0.4, 0.5) is 14.5 Å². The van der Waals surface area contributed by atoms with Gasteiger partial charge in [-0.2, -0.15) is 5.26 Å². The summed E-state index contributed by atoms with van der Waals surface area (Å²) in [6.07, 6.45) is 0.354. The van der Waals surface area contributed by atoms with E-state index in [0.29, 0.717) is 25.1 Å². The SMILES string of the molecule is N#CCCN(Cc1cc(F)cc(F)c1)c1ccccc1. The molecule has 0 fully saturated rings. The molecule has 20 heavy (non-hydrogen) atoms. The van der Waals surface area contributed by atoms with Crippen molar-refractivity contribution in [2.45, 2.75) is 13.0 Å². The molecule has 0 aromatic heterocycles.